The number of ether oxygens (including phenoxy) is 1. The zero-order valence-corrected chi connectivity index (χ0v) is 19.2. The number of amides is 2. The lowest BCUT2D eigenvalue weighted by Gasteiger charge is -2.35. The van der Waals surface area contributed by atoms with Gasteiger partial charge in [-0.05, 0) is 62.7 Å². The second-order valence-corrected chi connectivity index (χ2v) is 9.32. The first-order valence-electron chi connectivity index (χ1n) is 10.1. The number of hydrogen-bond acceptors (Lipinski definition) is 4. The number of nitrogens with one attached hydrogen (secondary N) is 1. The lowest BCUT2D eigenvalue weighted by molar-refractivity contribution is 0.0139. The van der Waals surface area contributed by atoms with Gasteiger partial charge < -0.3 is 15.0 Å². The van der Waals surface area contributed by atoms with Gasteiger partial charge in [-0.1, -0.05) is 28.1 Å². The third-order valence-electron chi connectivity index (χ3n) is 4.75. The Morgan fingerprint density at radius 2 is 1.57 bits per heavy atom. The van der Waals surface area contributed by atoms with Gasteiger partial charge in [-0.3, -0.25) is 9.69 Å². The van der Waals surface area contributed by atoms with Crippen molar-refractivity contribution in [2.45, 2.75) is 32.9 Å². The number of hydrogen-bond donors (Lipinski definition) is 1. The molecule has 7 heteroatoms. The van der Waals surface area contributed by atoms with E-state index in [1.54, 1.807) is 17.0 Å². The first-order valence-corrected chi connectivity index (χ1v) is 10.8. The molecule has 2 amide bonds. The Morgan fingerprint density at radius 1 is 0.967 bits per heavy atom. The highest BCUT2D eigenvalue weighted by Gasteiger charge is 2.25. The summed E-state index contributed by atoms with van der Waals surface area (Å²) in [4.78, 5) is 28.6. The maximum absolute atomic E-state index is 12.3. The van der Waals surface area contributed by atoms with Crippen molar-refractivity contribution in [2.24, 2.45) is 0 Å². The van der Waals surface area contributed by atoms with E-state index in [0.29, 0.717) is 18.7 Å². The molecule has 3 rings (SSSR count). The Morgan fingerprint density at radius 3 is 2.13 bits per heavy atom. The van der Waals surface area contributed by atoms with E-state index in [4.69, 9.17) is 4.74 Å². The summed E-state index contributed by atoms with van der Waals surface area (Å²) < 4.78 is 6.39. The fourth-order valence-electron chi connectivity index (χ4n) is 3.17. The van der Waals surface area contributed by atoms with Gasteiger partial charge in [-0.2, -0.15) is 0 Å². The molecule has 0 aromatic heterocycles. The van der Waals surface area contributed by atoms with Gasteiger partial charge in [0.05, 0.1) is 0 Å². The molecule has 0 saturated carbocycles. The highest BCUT2D eigenvalue weighted by atomic mass is 79.9. The quantitative estimate of drug-likeness (QED) is 0.695. The molecule has 2 aromatic rings. The van der Waals surface area contributed by atoms with Gasteiger partial charge >= 0.3 is 6.09 Å². The summed E-state index contributed by atoms with van der Waals surface area (Å²) >= 11 is 3.37. The van der Waals surface area contributed by atoms with Crippen molar-refractivity contribution in [2.75, 3.05) is 31.5 Å². The Labute approximate surface area is 186 Å². The normalized spacial score (nSPS) is 15.0. The van der Waals surface area contributed by atoms with Crippen LogP contribution in [0.1, 0.15) is 36.7 Å². The lowest BCUT2D eigenvalue weighted by atomic mass is 10.1. The summed E-state index contributed by atoms with van der Waals surface area (Å²) in [6.45, 7) is 9.39. The maximum atomic E-state index is 12.3. The van der Waals surface area contributed by atoms with Crippen LogP contribution in [0.4, 0.5) is 10.5 Å². The second-order valence-electron chi connectivity index (χ2n) is 8.40. The molecule has 1 N–H and O–H groups in total. The zero-order valence-electron chi connectivity index (χ0n) is 17.7. The highest BCUT2D eigenvalue weighted by molar-refractivity contribution is 9.10. The van der Waals surface area contributed by atoms with E-state index in [-0.39, 0.29) is 12.0 Å². The van der Waals surface area contributed by atoms with Crippen LogP contribution in [0.2, 0.25) is 0 Å². The number of piperazine rings is 1. The molecule has 0 spiro atoms. The summed E-state index contributed by atoms with van der Waals surface area (Å²) in [5.41, 5.74) is 2.08. The monoisotopic (exact) mass is 473 g/mol. The topological polar surface area (TPSA) is 61.9 Å². The molecule has 1 aliphatic rings. The Bertz CT molecular complexity index is 868. The van der Waals surface area contributed by atoms with E-state index in [2.05, 4.69) is 26.1 Å². The number of anilines is 1. The number of carbonyl (C=O) groups excluding carboxylic acids is 2. The molecule has 1 fully saturated rings. The van der Waals surface area contributed by atoms with Crippen LogP contribution in [0, 0.1) is 0 Å². The molecule has 0 radical (unpaired) electrons. The van der Waals surface area contributed by atoms with Crippen LogP contribution in [-0.4, -0.2) is 53.6 Å². The van der Waals surface area contributed by atoms with E-state index in [1.807, 2.05) is 57.2 Å². The minimum Gasteiger partial charge on any atom is -0.444 e. The standard InChI is InChI=1S/C23H28BrN3O3/c1-23(2,3)30-22(29)27-14-12-26(13-15-27)16-17-4-10-20(11-5-17)25-21(28)18-6-8-19(24)9-7-18/h4-11H,12-16H2,1-3H3,(H,25,28). The largest absolute Gasteiger partial charge is 0.444 e. The van der Waals surface area contributed by atoms with Crippen molar-refractivity contribution < 1.29 is 14.3 Å². The van der Waals surface area contributed by atoms with Gasteiger partial charge in [-0.25, -0.2) is 4.79 Å². The van der Waals surface area contributed by atoms with E-state index in [0.717, 1.165) is 29.8 Å². The van der Waals surface area contributed by atoms with Crippen LogP contribution in [0.25, 0.3) is 0 Å². The highest BCUT2D eigenvalue weighted by Crippen LogP contribution is 2.17. The summed E-state index contributed by atoms with van der Waals surface area (Å²) in [5, 5.41) is 2.92. The molecular formula is C23H28BrN3O3. The van der Waals surface area contributed by atoms with Crippen LogP contribution in [0.3, 0.4) is 0 Å². The van der Waals surface area contributed by atoms with Crippen molar-refractivity contribution in [3.8, 4) is 0 Å². The molecule has 0 aliphatic carbocycles. The number of nitrogens with zero attached hydrogens (tertiary/aromatic N) is 2. The average molecular weight is 474 g/mol. The minimum atomic E-state index is -0.470. The van der Waals surface area contributed by atoms with Crippen molar-refractivity contribution in [3.63, 3.8) is 0 Å². The molecule has 0 atom stereocenters. The Kier molecular flexibility index (Phi) is 7.15. The van der Waals surface area contributed by atoms with Crippen LogP contribution in [0.5, 0.6) is 0 Å². The number of rotatable bonds is 4. The van der Waals surface area contributed by atoms with Crippen LogP contribution < -0.4 is 5.32 Å². The predicted molar refractivity (Wildman–Crippen MR) is 122 cm³/mol. The summed E-state index contributed by atoms with van der Waals surface area (Å²) in [5.74, 6) is -0.131. The number of carbonyl (C=O) groups is 2. The van der Waals surface area contributed by atoms with Crippen molar-refractivity contribution in [1.29, 1.82) is 0 Å². The SMILES string of the molecule is CC(C)(C)OC(=O)N1CCN(Cc2ccc(NC(=O)c3ccc(Br)cc3)cc2)CC1. The number of halogens is 1. The van der Waals surface area contributed by atoms with Crippen LogP contribution in [0.15, 0.2) is 53.0 Å². The van der Waals surface area contributed by atoms with Gasteiger partial charge in [0.2, 0.25) is 0 Å². The third kappa shape index (κ3) is 6.57. The fourth-order valence-corrected chi connectivity index (χ4v) is 3.44. The first kappa shape index (κ1) is 22.3. The molecule has 0 unspecified atom stereocenters. The van der Waals surface area contributed by atoms with Gasteiger partial charge in [0.25, 0.3) is 5.91 Å². The molecular weight excluding hydrogens is 446 g/mol. The van der Waals surface area contributed by atoms with Gasteiger partial charge in [0, 0.05) is 48.4 Å². The molecule has 160 valence electrons. The van der Waals surface area contributed by atoms with E-state index in [1.165, 1.54) is 5.56 Å². The lowest BCUT2D eigenvalue weighted by Crippen LogP contribution is -2.49. The molecule has 30 heavy (non-hydrogen) atoms. The van der Waals surface area contributed by atoms with E-state index >= 15 is 0 Å². The second kappa shape index (κ2) is 9.62. The first-order chi connectivity index (χ1) is 14.2. The smallest absolute Gasteiger partial charge is 0.410 e. The molecule has 0 bridgehead atoms. The van der Waals surface area contributed by atoms with Crippen molar-refractivity contribution in [1.82, 2.24) is 9.80 Å². The van der Waals surface area contributed by atoms with Gasteiger partial charge in [0.1, 0.15) is 5.60 Å². The van der Waals surface area contributed by atoms with Crippen LogP contribution in [-0.2, 0) is 11.3 Å². The predicted octanol–water partition coefficient (Wildman–Crippen LogP) is 4.75. The average Bonchev–Trinajstić information content (AvgIpc) is 2.69. The van der Waals surface area contributed by atoms with Crippen LogP contribution >= 0.6 is 15.9 Å². The van der Waals surface area contributed by atoms with Crippen molar-refractivity contribution in [3.05, 3.63) is 64.1 Å². The molecule has 1 saturated heterocycles. The maximum Gasteiger partial charge on any atom is 0.410 e. The fraction of sp³-hybridized carbons (Fsp3) is 0.391. The minimum absolute atomic E-state index is 0.131. The molecule has 1 heterocycles. The molecule has 1 aliphatic heterocycles. The summed E-state index contributed by atoms with van der Waals surface area (Å²) in [6, 6.07) is 15.2. The van der Waals surface area contributed by atoms with Gasteiger partial charge in [-0.15, -0.1) is 0 Å². The van der Waals surface area contributed by atoms with E-state index < -0.39 is 5.60 Å². The number of benzene rings is 2. The zero-order chi connectivity index (χ0) is 21.7. The summed E-state index contributed by atoms with van der Waals surface area (Å²) in [7, 11) is 0. The Balaban J connectivity index is 1.47. The van der Waals surface area contributed by atoms with Crippen molar-refractivity contribution >= 4 is 33.6 Å². The Hall–Kier alpha value is -2.38. The van der Waals surface area contributed by atoms with Gasteiger partial charge in [0.15, 0.2) is 0 Å². The third-order valence-corrected chi connectivity index (χ3v) is 5.28. The molecule has 6 nitrogen and oxygen atoms in total. The summed E-state index contributed by atoms with van der Waals surface area (Å²) in [6.07, 6.45) is -0.243. The molecule has 2 aromatic carbocycles. The van der Waals surface area contributed by atoms with E-state index in [9.17, 15) is 9.59 Å².